The largest absolute Gasteiger partial charge is 0.490 e. The van der Waals surface area contributed by atoms with Crippen LogP contribution in [0.3, 0.4) is 0 Å². The molecule has 22 heavy (non-hydrogen) atoms. The highest BCUT2D eigenvalue weighted by Gasteiger charge is 2.38. The molecule has 2 atom stereocenters. The Balaban J connectivity index is 2.17. The Morgan fingerprint density at radius 1 is 1.09 bits per heavy atom. The molecule has 0 bridgehead atoms. The highest BCUT2D eigenvalue weighted by Crippen LogP contribution is 2.46. The predicted molar refractivity (Wildman–Crippen MR) is 79.7 cm³/mol. The van der Waals surface area contributed by atoms with Crippen LogP contribution < -0.4 is 9.47 Å². The zero-order valence-electron chi connectivity index (χ0n) is 13.3. The van der Waals surface area contributed by atoms with E-state index in [2.05, 4.69) is 0 Å². The third-order valence-electron chi connectivity index (χ3n) is 4.18. The van der Waals surface area contributed by atoms with Gasteiger partial charge in [0.2, 0.25) is 0 Å². The van der Waals surface area contributed by atoms with E-state index >= 15 is 0 Å². The quantitative estimate of drug-likeness (QED) is 0.487. The lowest BCUT2D eigenvalue weighted by atomic mass is 9.91. The van der Waals surface area contributed by atoms with E-state index in [-0.39, 0.29) is 18.8 Å². The summed E-state index contributed by atoms with van der Waals surface area (Å²) in [5.41, 5.74) is 3.09. The molecule has 5 heteroatoms. The van der Waals surface area contributed by atoms with Crippen LogP contribution >= 0.6 is 0 Å². The number of carbonyl (C=O) groups is 2. The van der Waals surface area contributed by atoms with Crippen molar-refractivity contribution < 1.29 is 23.8 Å². The molecule has 118 valence electrons. The van der Waals surface area contributed by atoms with Crippen molar-refractivity contribution in [2.24, 2.45) is 0 Å². The molecule has 0 spiro atoms. The first-order valence-corrected chi connectivity index (χ1v) is 7.67. The number of benzene rings is 1. The van der Waals surface area contributed by atoms with E-state index in [0.29, 0.717) is 17.7 Å². The van der Waals surface area contributed by atoms with Gasteiger partial charge in [0.05, 0.1) is 12.2 Å². The topological polar surface area (TPSA) is 61.8 Å². The number of hydrogen-bond acceptors (Lipinski definition) is 5. The van der Waals surface area contributed by atoms with Crippen LogP contribution in [-0.2, 0) is 22.4 Å². The Kier molecular flexibility index (Phi) is 3.59. The predicted octanol–water partition coefficient (Wildman–Crippen LogP) is 2.39. The first-order chi connectivity index (χ1) is 10.4. The smallest absolute Gasteiger partial charge is 0.379 e. The van der Waals surface area contributed by atoms with Crippen LogP contribution in [0.4, 0.5) is 0 Å². The van der Waals surface area contributed by atoms with Gasteiger partial charge in [0.15, 0.2) is 0 Å². The summed E-state index contributed by atoms with van der Waals surface area (Å²) in [6.45, 7) is 7.74. The van der Waals surface area contributed by atoms with Crippen LogP contribution in [0.2, 0.25) is 0 Å². The van der Waals surface area contributed by atoms with Gasteiger partial charge in [-0.05, 0) is 33.3 Å². The van der Waals surface area contributed by atoms with Crippen LogP contribution in [0.1, 0.15) is 47.8 Å². The maximum absolute atomic E-state index is 12.6. The Morgan fingerprint density at radius 3 is 2.32 bits per heavy atom. The second kappa shape index (κ2) is 5.30. The van der Waals surface area contributed by atoms with Gasteiger partial charge in [-0.25, -0.2) is 4.79 Å². The highest BCUT2D eigenvalue weighted by molar-refractivity contribution is 6.42. The van der Waals surface area contributed by atoms with Gasteiger partial charge in [-0.2, -0.15) is 0 Å². The lowest BCUT2D eigenvalue weighted by Gasteiger charge is -2.14. The average molecular weight is 304 g/mol. The van der Waals surface area contributed by atoms with E-state index in [4.69, 9.17) is 14.2 Å². The minimum Gasteiger partial charge on any atom is -0.490 e. The molecule has 1 aromatic rings. The van der Waals surface area contributed by atoms with Crippen LogP contribution in [0.25, 0.3) is 0 Å². The summed E-state index contributed by atoms with van der Waals surface area (Å²) in [5, 5.41) is 0. The molecule has 0 amide bonds. The summed E-state index contributed by atoms with van der Waals surface area (Å²) < 4.78 is 16.6. The molecule has 0 aliphatic carbocycles. The maximum atomic E-state index is 12.6. The van der Waals surface area contributed by atoms with Crippen molar-refractivity contribution in [3.8, 4) is 11.5 Å². The van der Waals surface area contributed by atoms with Crippen molar-refractivity contribution in [2.75, 3.05) is 6.61 Å². The van der Waals surface area contributed by atoms with Gasteiger partial charge in [-0.15, -0.1) is 0 Å². The van der Waals surface area contributed by atoms with Crippen LogP contribution in [0.15, 0.2) is 0 Å². The molecule has 0 fully saturated rings. The van der Waals surface area contributed by atoms with Crippen molar-refractivity contribution >= 4 is 11.8 Å². The summed E-state index contributed by atoms with van der Waals surface area (Å²) in [4.78, 5) is 24.5. The van der Waals surface area contributed by atoms with E-state index in [9.17, 15) is 9.59 Å². The molecule has 1 aromatic carbocycles. The zero-order chi connectivity index (χ0) is 16.0. The van der Waals surface area contributed by atoms with Crippen LogP contribution in [0, 0.1) is 6.92 Å². The molecule has 0 radical (unpaired) electrons. The van der Waals surface area contributed by atoms with Crippen molar-refractivity contribution in [1.82, 2.24) is 0 Å². The summed E-state index contributed by atoms with van der Waals surface area (Å²) in [5.74, 6) is -0.198. The minimum atomic E-state index is -0.835. The highest BCUT2D eigenvalue weighted by atomic mass is 16.5. The summed E-state index contributed by atoms with van der Waals surface area (Å²) in [7, 11) is 0. The number of esters is 1. The first-order valence-electron chi connectivity index (χ1n) is 7.67. The Bertz CT molecular complexity index is 622. The van der Waals surface area contributed by atoms with E-state index in [1.165, 1.54) is 0 Å². The van der Waals surface area contributed by atoms with E-state index in [1.807, 2.05) is 20.8 Å². The molecular formula is C17H20O5. The van der Waals surface area contributed by atoms with Crippen molar-refractivity contribution in [1.29, 1.82) is 0 Å². The number of ether oxygens (including phenoxy) is 3. The van der Waals surface area contributed by atoms with Gasteiger partial charge in [-0.1, -0.05) is 0 Å². The molecule has 3 rings (SSSR count). The molecule has 0 aromatic heterocycles. The molecule has 2 aliphatic rings. The lowest BCUT2D eigenvalue weighted by Crippen LogP contribution is -2.20. The standard InChI is InChI=1S/C17H20O5/c1-5-20-17(19)14(18)13-12-7-9(3)21-15(12)10(4)11-6-8(2)22-16(11)13/h8-9H,5-7H2,1-4H3. The van der Waals surface area contributed by atoms with Crippen molar-refractivity contribution in [3.63, 3.8) is 0 Å². The molecule has 0 saturated carbocycles. The second-order valence-corrected chi connectivity index (χ2v) is 5.93. The van der Waals surface area contributed by atoms with E-state index in [1.54, 1.807) is 6.92 Å². The molecule has 2 unspecified atom stereocenters. The van der Waals surface area contributed by atoms with Crippen LogP contribution in [0.5, 0.6) is 11.5 Å². The number of carbonyl (C=O) groups excluding carboxylic acids is 2. The zero-order valence-corrected chi connectivity index (χ0v) is 13.3. The normalized spacial score (nSPS) is 21.6. The number of rotatable bonds is 3. The molecule has 0 saturated heterocycles. The number of Topliss-reactive ketones (excluding diaryl/α,β-unsaturated/α-hetero) is 1. The molecule has 5 nitrogen and oxygen atoms in total. The van der Waals surface area contributed by atoms with Gasteiger partial charge >= 0.3 is 5.97 Å². The van der Waals surface area contributed by atoms with E-state index < -0.39 is 11.8 Å². The average Bonchev–Trinajstić information content (AvgIpc) is 3.02. The van der Waals surface area contributed by atoms with E-state index in [0.717, 1.165) is 28.9 Å². The Hall–Kier alpha value is -2.04. The van der Waals surface area contributed by atoms with Gasteiger partial charge in [0, 0.05) is 24.0 Å². The second-order valence-electron chi connectivity index (χ2n) is 5.93. The fourth-order valence-corrected chi connectivity index (χ4v) is 3.26. The summed E-state index contributed by atoms with van der Waals surface area (Å²) in [6.07, 6.45) is 1.29. The summed E-state index contributed by atoms with van der Waals surface area (Å²) >= 11 is 0. The summed E-state index contributed by atoms with van der Waals surface area (Å²) in [6, 6.07) is 0. The fraction of sp³-hybridized carbons (Fsp3) is 0.529. The molecule has 2 aliphatic heterocycles. The van der Waals surface area contributed by atoms with Crippen molar-refractivity contribution in [2.45, 2.75) is 52.7 Å². The van der Waals surface area contributed by atoms with Gasteiger partial charge in [0.1, 0.15) is 23.7 Å². The number of hydrogen-bond donors (Lipinski definition) is 0. The minimum absolute atomic E-state index is 0.0117. The molecule has 0 N–H and O–H groups in total. The van der Waals surface area contributed by atoms with Crippen molar-refractivity contribution in [3.05, 3.63) is 22.3 Å². The monoisotopic (exact) mass is 304 g/mol. The fourth-order valence-electron chi connectivity index (χ4n) is 3.26. The molecule has 2 heterocycles. The Morgan fingerprint density at radius 2 is 1.68 bits per heavy atom. The third-order valence-corrected chi connectivity index (χ3v) is 4.18. The Labute approximate surface area is 129 Å². The SMILES string of the molecule is CCOC(=O)C(=O)c1c2c(c(C)c3c1OC(C)C3)OC(C)C2. The number of ketones is 1. The maximum Gasteiger partial charge on any atom is 0.379 e. The van der Waals surface area contributed by atoms with Gasteiger partial charge in [-0.3, -0.25) is 4.79 Å². The lowest BCUT2D eigenvalue weighted by molar-refractivity contribution is -0.137. The van der Waals surface area contributed by atoms with Gasteiger partial charge < -0.3 is 14.2 Å². The van der Waals surface area contributed by atoms with Gasteiger partial charge in [0.25, 0.3) is 5.78 Å². The third kappa shape index (κ3) is 2.16. The number of fused-ring (bicyclic) bond motifs is 2. The molecular weight excluding hydrogens is 284 g/mol. The first kappa shape index (κ1) is 14.9. The van der Waals surface area contributed by atoms with Crippen LogP contribution in [-0.4, -0.2) is 30.6 Å².